The molecule has 2 aromatic rings. The fraction of sp³-hybridized carbons (Fsp3) is 0.267. The molecule has 0 saturated carbocycles. The number of ether oxygens (including phenoxy) is 1. The van der Waals surface area contributed by atoms with E-state index in [0.29, 0.717) is 18.3 Å². The van der Waals surface area contributed by atoms with Crippen molar-refractivity contribution in [1.82, 2.24) is 4.98 Å². The highest BCUT2D eigenvalue weighted by Crippen LogP contribution is 2.34. The normalized spacial score (nSPS) is 17.5. The molecule has 0 aliphatic heterocycles. The molecular formula is C15H16N2O. The largest absolute Gasteiger partial charge is 0.439 e. The number of hydrogen-bond donors (Lipinski definition) is 1. The molecule has 3 heteroatoms. The highest BCUT2D eigenvalue weighted by Gasteiger charge is 2.22. The third kappa shape index (κ3) is 2.09. The van der Waals surface area contributed by atoms with E-state index in [1.165, 1.54) is 11.1 Å². The minimum atomic E-state index is 0.459. The van der Waals surface area contributed by atoms with Crippen LogP contribution in [-0.2, 0) is 6.42 Å². The average molecular weight is 240 g/mol. The van der Waals surface area contributed by atoms with Crippen LogP contribution in [0.2, 0.25) is 0 Å². The fourth-order valence-electron chi connectivity index (χ4n) is 2.46. The number of nitrogens with two attached hydrogens (primary N) is 1. The number of para-hydroxylation sites is 1. The van der Waals surface area contributed by atoms with Crippen LogP contribution < -0.4 is 10.5 Å². The van der Waals surface area contributed by atoms with Gasteiger partial charge in [0, 0.05) is 12.3 Å². The molecule has 0 fully saturated rings. The Hall–Kier alpha value is -1.87. The summed E-state index contributed by atoms with van der Waals surface area (Å²) >= 11 is 0. The molecule has 2 N–H and O–H groups in total. The first kappa shape index (κ1) is 11.2. The third-order valence-corrected chi connectivity index (χ3v) is 3.45. The van der Waals surface area contributed by atoms with Gasteiger partial charge in [-0.05, 0) is 48.6 Å². The number of benzene rings is 1. The van der Waals surface area contributed by atoms with E-state index < -0.39 is 0 Å². The lowest BCUT2D eigenvalue weighted by molar-refractivity contribution is 0.461. The molecule has 1 aromatic carbocycles. The summed E-state index contributed by atoms with van der Waals surface area (Å²) in [4.78, 5) is 4.35. The Morgan fingerprint density at radius 1 is 1.28 bits per heavy atom. The molecule has 3 rings (SSSR count). The van der Waals surface area contributed by atoms with Crippen LogP contribution in [0.15, 0.2) is 42.6 Å². The number of rotatable bonds is 3. The zero-order valence-corrected chi connectivity index (χ0v) is 10.2. The van der Waals surface area contributed by atoms with E-state index in [-0.39, 0.29) is 0 Å². The Morgan fingerprint density at radius 3 is 2.89 bits per heavy atom. The summed E-state index contributed by atoms with van der Waals surface area (Å²) < 4.78 is 5.74. The maximum atomic E-state index is 5.79. The number of fused-ring (bicyclic) bond motifs is 1. The Morgan fingerprint density at radius 2 is 2.11 bits per heavy atom. The molecule has 1 unspecified atom stereocenters. The SMILES string of the molecule is NCC1CCc2cnc(Oc3ccccc3)cc21. The second-order valence-corrected chi connectivity index (χ2v) is 4.61. The zero-order chi connectivity index (χ0) is 12.4. The van der Waals surface area contributed by atoms with Gasteiger partial charge in [-0.2, -0.15) is 0 Å². The van der Waals surface area contributed by atoms with Crippen LogP contribution in [0.3, 0.4) is 0 Å². The lowest BCUT2D eigenvalue weighted by atomic mass is 10.0. The number of nitrogens with zero attached hydrogens (tertiary/aromatic N) is 1. The molecule has 1 heterocycles. The molecule has 1 aliphatic carbocycles. The van der Waals surface area contributed by atoms with Crippen LogP contribution in [0.4, 0.5) is 0 Å². The van der Waals surface area contributed by atoms with Crippen molar-refractivity contribution in [2.75, 3.05) is 6.54 Å². The third-order valence-electron chi connectivity index (χ3n) is 3.45. The molecule has 1 aromatic heterocycles. The number of aromatic nitrogens is 1. The monoisotopic (exact) mass is 240 g/mol. The highest BCUT2D eigenvalue weighted by molar-refractivity contribution is 5.38. The maximum absolute atomic E-state index is 5.79. The lowest BCUT2D eigenvalue weighted by Gasteiger charge is -2.10. The molecule has 18 heavy (non-hydrogen) atoms. The van der Waals surface area contributed by atoms with Crippen molar-refractivity contribution in [2.24, 2.45) is 5.73 Å². The fourth-order valence-corrected chi connectivity index (χ4v) is 2.46. The van der Waals surface area contributed by atoms with Gasteiger partial charge in [-0.1, -0.05) is 18.2 Å². The summed E-state index contributed by atoms with van der Waals surface area (Å²) in [6, 6.07) is 11.8. The van der Waals surface area contributed by atoms with Gasteiger partial charge in [0.1, 0.15) is 5.75 Å². The van der Waals surface area contributed by atoms with E-state index in [4.69, 9.17) is 10.5 Å². The first-order valence-corrected chi connectivity index (χ1v) is 6.28. The summed E-state index contributed by atoms with van der Waals surface area (Å²) in [5.41, 5.74) is 8.41. The Balaban J connectivity index is 1.87. The first-order valence-electron chi connectivity index (χ1n) is 6.28. The zero-order valence-electron chi connectivity index (χ0n) is 10.2. The van der Waals surface area contributed by atoms with Crippen molar-refractivity contribution in [3.63, 3.8) is 0 Å². The molecule has 0 amide bonds. The molecule has 0 saturated heterocycles. The molecule has 1 atom stereocenters. The van der Waals surface area contributed by atoms with Crippen molar-refractivity contribution in [3.8, 4) is 11.6 Å². The van der Waals surface area contributed by atoms with Gasteiger partial charge in [-0.3, -0.25) is 0 Å². The summed E-state index contributed by atoms with van der Waals surface area (Å²) in [6.45, 7) is 0.696. The van der Waals surface area contributed by atoms with Gasteiger partial charge in [0.2, 0.25) is 5.88 Å². The number of aryl methyl sites for hydroxylation is 1. The molecule has 92 valence electrons. The predicted octanol–water partition coefficient (Wildman–Crippen LogP) is 2.86. The van der Waals surface area contributed by atoms with Crippen LogP contribution in [0.25, 0.3) is 0 Å². The maximum Gasteiger partial charge on any atom is 0.219 e. The van der Waals surface area contributed by atoms with Crippen LogP contribution in [-0.4, -0.2) is 11.5 Å². The topological polar surface area (TPSA) is 48.1 Å². The minimum absolute atomic E-state index is 0.459. The van der Waals surface area contributed by atoms with Crippen LogP contribution >= 0.6 is 0 Å². The van der Waals surface area contributed by atoms with Crippen molar-refractivity contribution in [1.29, 1.82) is 0 Å². The van der Waals surface area contributed by atoms with Crippen molar-refractivity contribution in [2.45, 2.75) is 18.8 Å². The average Bonchev–Trinajstić information content (AvgIpc) is 2.82. The minimum Gasteiger partial charge on any atom is -0.439 e. The van der Waals surface area contributed by atoms with Gasteiger partial charge in [-0.25, -0.2) is 4.98 Å². The molecular weight excluding hydrogens is 224 g/mol. The van der Waals surface area contributed by atoms with Gasteiger partial charge in [-0.15, -0.1) is 0 Å². The number of pyridine rings is 1. The second kappa shape index (κ2) is 4.78. The standard InChI is InChI=1S/C15H16N2O/c16-9-11-6-7-12-10-17-15(8-14(11)12)18-13-4-2-1-3-5-13/h1-5,8,10-11H,6-7,9,16H2. The van der Waals surface area contributed by atoms with Crippen LogP contribution in [0.1, 0.15) is 23.5 Å². The van der Waals surface area contributed by atoms with E-state index in [0.717, 1.165) is 18.6 Å². The van der Waals surface area contributed by atoms with E-state index in [9.17, 15) is 0 Å². The molecule has 0 bridgehead atoms. The molecule has 1 aliphatic rings. The Bertz CT molecular complexity index is 539. The van der Waals surface area contributed by atoms with Gasteiger partial charge >= 0.3 is 0 Å². The van der Waals surface area contributed by atoms with E-state index in [1.54, 1.807) is 0 Å². The van der Waals surface area contributed by atoms with E-state index in [2.05, 4.69) is 4.98 Å². The van der Waals surface area contributed by atoms with Crippen LogP contribution in [0, 0.1) is 0 Å². The van der Waals surface area contributed by atoms with Gasteiger partial charge in [0.15, 0.2) is 0 Å². The van der Waals surface area contributed by atoms with Gasteiger partial charge in [0.05, 0.1) is 0 Å². The smallest absolute Gasteiger partial charge is 0.219 e. The van der Waals surface area contributed by atoms with Gasteiger partial charge < -0.3 is 10.5 Å². The van der Waals surface area contributed by atoms with Crippen LogP contribution in [0.5, 0.6) is 11.6 Å². The first-order chi connectivity index (χ1) is 8.86. The Kier molecular flexibility index (Phi) is 2.99. The quantitative estimate of drug-likeness (QED) is 0.897. The Labute approximate surface area is 107 Å². The molecule has 3 nitrogen and oxygen atoms in total. The summed E-state index contributed by atoms with van der Waals surface area (Å²) in [6.07, 6.45) is 4.13. The number of hydrogen-bond acceptors (Lipinski definition) is 3. The van der Waals surface area contributed by atoms with Gasteiger partial charge in [0.25, 0.3) is 0 Å². The lowest BCUT2D eigenvalue weighted by Crippen LogP contribution is -2.09. The van der Waals surface area contributed by atoms with E-state index in [1.807, 2.05) is 42.6 Å². The highest BCUT2D eigenvalue weighted by atomic mass is 16.5. The second-order valence-electron chi connectivity index (χ2n) is 4.61. The van der Waals surface area contributed by atoms with E-state index >= 15 is 0 Å². The van der Waals surface area contributed by atoms with Crippen molar-refractivity contribution in [3.05, 3.63) is 53.7 Å². The summed E-state index contributed by atoms with van der Waals surface area (Å²) in [7, 11) is 0. The van der Waals surface area contributed by atoms with Crippen molar-refractivity contribution < 1.29 is 4.74 Å². The van der Waals surface area contributed by atoms with Crippen molar-refractivity contribution >= 4 is 0 Å². The predicted molar refractivity (Wildman–Crippen MR) is 70.9 cm³/mol. The summed E-state index contributed by atoms with van der Waals surface area (Å²) in [5.74, 6) is 1.92. The molecule has 0 spiro atoms. The summed E-state index contributed by atoms with van der Waals surface area (Å²) in [5, 5.41) is 0. The molecule has 0 radical (unpaired) electrons.